The molecule has 2 atom stereocenters. The second-order valence-electron chi connectivity index (χ2n) is 3.92. The van der Waals surface area contributed by atoms with E-state index in [1.165, 1.54) is 19.3 Å². The van der Waals surface area contributed by atoms with E-state index in [-0.39, 0.29) is 5.97 Å². The Bertz CT molecular complexity index is 185. The van der Waals surface area contributed by atoms with E-state index in [9.17, 15) is 9.90 Å². The highest BCUT2D eigenvalue weighted by Crippen LogP contribution is 2.15. The van der Waals surface area contributed by atoms with Crippen LogP contribution in [0.5, 0.6) is 0 Å². The molecule has 1 N–H and O–H groups in total. The number of aliphatic hydroxyl groups excluding tert-OH is 1. The number of carbonyl (C=O) groups is 1. The average Bonchev–Trinajstić information content (AvgIpc) is 2.27. The topological polar surface area (TPSA) is 46.5 Å². The summed E-state index contributed by atoms with van der Waals surface area (Å²) >= 11 is 3.17. The first kappa shape index (κ1) is 15.9. The van der Waals surface area contributed by atoms with E-state index in [4.69, 9.17) is 4.74 Å². The zero-order valence-corrected chi connectivity index (χ0v) is 11.8. The van der Waals surface area contributed by atoms with Gasteiger partial charge in [-0.1, -0.05) is 55.0 Å². The maximum Gasteiger partial charge on any atom is 0.322 e. The highest BCUT2D eigenvalue weighted by molar-refractivity contribution is 9.10. The number of halogens is 1. The molecule has 16 heavy (non-hydrogen) atoms. The molecule has 0 fully saturated rings. The van der Waals surface area contributed by atoms with Crippen LogP contribution in [0.25, 0.3) is 0 Å². The van der Waals surface area contributed by atoms with Gasteiger partial charge in [-0.2, -0.15) is 0 Å². The lowest BCUT2D eigenvalue weighted by Gasteiger charge is -2.15. The molecule has 0 radical (unpaired) electrons. The summed E-state index contributed by atoms with van der Waals surface area (Å²) in [5.41, 5.74) is 0. The molecular weight excluding hydrogens is 272 g/mol. The van der Waals surface area contributed by atoms with Gasteiger partial charge in [-0.05, 0) is 13.3 Å². The number of ether oxygens (including phenoxy) is 1. The summed E-state index contributed by atoms with van der Waals surface area (Å²) in [7, 11) is 0. The zero-order chi connectivity index (χ0) is 12.4. The van der Waals surface area contributed by atoms with Gasteiger partial charge in [-0.25, -0.2) is 0 Å². The maximum atomic E-state index is 11.3. The molecule has 0 aliphatic carbocycles. The number of hydrogen-bond acceptors (Lipinski definition) is 3. The van der Waals surface area contributed by atoms with E-state index in [0.717, 1.165) is 12.8 Å². The average molecular weight is 295 g/mol. The van der Waals surface area contributed by atoms with Gasteiger partial charge in [0.15, 0.2) is 0 Å². The molecule has 0 heterocycles. The summed E-state index contributed by atoms with van der Waals surface area (Å²) in [6.07, 6.45) is 5.75. The number of unbranched alkanes of at least 4 members (excludes halogenated alkanes) is 4. The highest BCUT2D eigenvalue weighted by Gasteiger charge is 2.24. The minimum absolute atomic E-state index is 0.351. The third-order valence-electron chi connectivity index (χ3n) is 2.45. The van der Waals surface area contributed by atoms with Crippen molar-refractivity contribution in [2.75, 3.05) is 6.61 Å². The Labute approximate surface area is 107 Å². The normalized spacial score (nSPS) is 14.5. The fraction of sp³-hybridized carbons (Fsp3) is 0.917. The Balaban J connectivity index is 3.62. The van der Waals surface area contributed by atoms with Gasteiger partial charge in [-0.3, -0.25) is 4.79 Å². The van der Waals surface area contributed by atoms with Crippen molar-refractivity contribution in [3.63, 3.8) is 0 Å². The fourth-order valence-corrected chi connectivity index (χ4v) is 1.88. The largest absolute Gasteiger partial charge is 0.465 e. The van der Waals surface area contributed by atoms with Crippen molar-refractivity contribution in [3.8, 4) is 0 Å². The summed E-state index contributed by atoms with van der Waals surface area (Å²) in [4.78, 5) is 10.7. The van der Waals surface area contributed by atoms with Crippen LogP contribution < -0.4 is 0 Å². The third-order valence-corrected chi connectivity index (χ3v) is 3.44. The van der Waals surface area contributed by atoms with Crippen LogP contribution >= 0.6 is 15.9 Å². The predicted octanol–water partition coefficient (Wildman–Crippen LogP) is 3.03. The van der Waals surface area contributed by atoms with Crippen LogP contribution in [0.4, 0.5) is 0 Å². The van der Waals surface area contributed by atoms with Crippen molar-refractivity contribution in [3.05, 3.63) is 0 Å². The van der Waals surface area contributed by atoms with Gasteiger partial charge in [0.1, 0.15) is 4.83 Å². The van der Waals surface area contributed by atoms with Crippen molar-refractivity contribution >= 4 is 21.9 Å². The van der Waals surface area contributed by atoms with E-state index in [2.05, 4.69) is 22.9 Å². The smallest absolute Gasteiger partial charge is 0.322 e. The Kier molecular flexibility index (Phi) is 10.0. The molecule has 0 aliphatic rings. The van der Waals surface area contributed by atoms with Crippen molar-refractivity contribution in [2.24, 2.45) is 0 Å². The summed E-state index contributed by atoms with van der Waals surface area (Å²) in [5.74, 6) is -0.372. The minimum atomic E-state index is -0.638. The molecule has 0 saturated heterocycles. The molecule has 0 saturated carbocycles. The molecule has 0 aliphatic heterocycles. The number of alkyl halides is 1. The molecule has 0 rings (SSSR count). The van der Waals surface area contributed by atoms with Crippen molar-refractivity contribution in [2.45, 2.75) is 63.3 Å². The molecule has 96 valence electrons. The monoisotopic (exact) mass is 294 g/mol. The molecule has 0 aromatic heterocycles. The molecule has 4 heteroatoms. The number of esters is 1. The molecule has 3 nitrogen and oxygen atoms in total. The highest BCUT2D eigenvalue weighted by atomic mass is 79.9. The van der Waals surface area contributed by atoms with E-state index in [0.29, 0.717) is 13.0 Å². The lowest BCUT2D eigenvalue weighted by molar-refractivity contribution is -0.144. The standard InChI is InChI=1S/C12H23BrO3/c1-3-5-6-7-8-9-10(14)11(13)12(15)16-4-2/h10-11,14H,3-9H2,1-2H3/t10-,11+/m1/s1. The third kappa shape index (κ3) is 7.23. The first-order valence-corrected chi connectivity index (χ1v) is 7.03. The van der Waals surface area contributed by atoms with Crippen LogP contribution in [0, 0.1) is 0 Å². The molecule has 0 aromatic carbocycles. The summed E-state index contributed by atoms with van der Waals surface area (Å²) < 4.78 is 4.82. The lowest BCUT2D eigenvalue weighted by atomic mass is 10.1. The Morgan fingerprint density at radius 1 is 1.25 bits per heavy atom. The predicted molar refractivity (Wildman–Crippen MR) is 68.7 cm³/mol. The van der Waals surface area contributed by atoms with E-state index >= 15 is 0 Å². The summed E-state index contributed by atoms with van der Waals surface area (Å²) in [6.45, 7) is 4.28. The molecular formula is C12H23BrO3. The van der Waals surface area contributed by atoms with Crippen LogP contribution in [-0.2, 0) is 9.53 Å². The van der Waals surface area contributed by atoms with Crippen molar-refractivity contribution in [1.29, 1.82) is 0 Å². The number of hydrogen-bond donors (Lipinski definition) is 1. The second-order valence-corrected chi connectivity index (χ2v) is 4.91. The number of aliphatic hydroxyl groups is 1. The Morgan fingerprint density at radius 2 is 1.88 bits per heavy atom. The quantitative estimate of drug-likeness (QED) is 0.404. The lowest BCUT2D eigenvalue weighted by Crippen LogP contribution is -2.30. The van der Waals surface area contributed by atoms with Gasteiger partial charge in [0.2, 0.25) is 0 Å². The van der Waals surface area contributed by atoms with E-state index in [1.54, 1.807) is 6.92 Å². The van der Waals surface area contributed by atoms with Crippen LogP contribution in [0.2, 0.25) is 0 Å². The SMILES string of the molecule is CCCCCCC[C@@H](O)[C@H](Br)C(=O)OCC. The van der Waals surface area contributed by atoms with Crippen LogP contribution in [0.15, 0.2) is 0 Å². The van der Waals surface area contributed by atoms with Gasteiger partial charge in [0.05, 0.1) is 12.7 Å². The molecule has 0 spiro atoms. The van der Waals surface area contributed by atoms with Gasteiger partial charge in [0, 0.05) is 0 Å². The Morgan fingerprint density at radius 3 is 2.44 bits per heavy atom. The minimum Gasteiger partial charge on any atom is -0.465 e. The summed E-state index contributed by atoms with van der Waals surface area (Å²) in [6, 6.07) is 0. The number of rotatable bonds is 9. The van der Waals surface area contributed by atoms with Crippen LogP contribution in [-0.4, -0.2) is 28.6 Å². The molecule has 0 amide bonds. The number of carbonyl (C=O) groups excluding carboxylic acids is 1. The van der Waals surface area contributed by atoms with Gasteiger partial charge in [-0.15, -0.1) is 0 Å². The van der Waals surface area contributed by atoms with Crippen molar-refractivity contribution < 1.29 is 14.6 Å². The van der Waals surface area contributed by atoms with Gasteiger partial charge in [0.25, 0.3) is 0 Å². The Hall–Kier alpha value is -0.0900. The first-order chi connectivity index (χ1) is 7.63. The second kappa shape index (κ2) is 10.1. The maximum absolute atomic E-state index is 11.3. The fourth-order valence-electron chi connectivity index (χ4n) is 1.48. The van der Waals surface area contributed by atoms with E-state index in [1.807, 2.05) is 0 Å². The first-order valence-electron chi connectivity index (χ1n) is 6.12. The van der Waals surface area contributed by atoms with Crippen molar-refractivity contribution in [1.82, 2.24) is 0 Å². The van der Waals surface area contributed by atoms with Gasteiger partial charge < -0.3 is 9.84 Å². The van der Waals surface area contributed by atoms with Crippen LogP contribution in [0.1, 0.15) is 52.4 Å². The summed E-state index contributed by atoms with van der Waals surface area (Å²) in [5, 5.41) is 9.72. The van der Waals surface area contributed by atoms with E-state index < -0.39 is 10.9 Å². The molecule has 0 bridgehead atoms. The molecule has 0 aromatic rings. The van der Waals surface area contributed by atoms with Crippen LogP contribution in [0.3, 0.4) is 0 Å². The zero-order valence-electron chi connectivity index (χ0n) is 10.2. The van der Waals surface area contributed by atoms with Gasteiger partial charge >= 0.3 is 5.97 Å². The molecule has 0 unspecified atom stereocenters.